The molecule has 6 nitrogen and oxygen atoms in total. The molecule has 23 heavy (non-hydrogen) atoms. The summed E-state index contributed by atoms with van der Waals surface area (Å²) in [4.78, 5) is 32.3. The molecule has 3 rings (SSSR count). The summed E-state index contributed by atoms with van der Waals surface area (Å²) in [7, 11) is 0. The monoisotopic (exact) mass is 329 g/mol. The van der Waals surface area contributed by atoms with Gasteiger partial charge in [0.1, 0.15) is 17.9 Å². The quantitative estimate of drug-likeness (QED) is 0.690. The standard InChI is InChI=1S/C16H12ClN3O3/c1-10-3-2-4-14-19-12(8-15(21)20(10)14)9-23-16(22)13-7-11(17)5-6-18-13/h2-8H,9H2,1H3. The third kappa shape index (κ3) is 3.22. The van der Waals surface area contributed by atoms with Crippen LogP contribution in [-0.4, -0.2) is 20.3 Å². The molecule has 116 valence electrons. The zero-order chi connectivity index (χ0) is 16.4. The largest absolute Gasteiger partial charge is 0.454 e. The second-order valence-electron chi connectivity index (χ2n) is 4.88. The van der Waals surface area contributed by atoms with Gasteiger partial charge in [-0.25, -0.2) is 14.8 Å². The fourth-order valence-corrected chi connectivity index (χ4v) is 2.33. The molecule has 3 aromatic heterocycles. The number of halogens is 1. The van der Waals surface area contributed by atoms with Crippen molar-refractivity contribution in [1.82, 2.24) is 14.4 Å². The van der Waals surface area contributed by atoms with Crippen molar-refractivity contribution in [3.63, 3.8) is 0 Å². The molecule has 0 bridgehead atoms. The normalized spacial score (nSPS) is 10.7. The minimum absolute atomic E-state index is 0.103. The van der Waals surface area contributed by atoms with Crippen molar-refractivity contribution in [2.75, 3.05) is 0 Å². The highest BCUT2D eigenvalue weighted by atomic mass is 35.5. The van der Waals surface area contributed by atoms with Crippen LogP contribution in [0.5, 0.6) is 0 Å². The summed E-state index contributed by atoms with van der Waals surface area (Å²) >= 11 is 5.80. The number of hydrogen-bond acceptors (Lipinski definition) is 5. The van der Waals surface area contributed by atoms with Crippen molar-refractivity contribution in [2.24, 2.45) is 0 Å². The maximum Gasteiger partial charge on any atom is 0.357 e. The molecule has 0 fully saturated rings. The molecule has 0 aliphatic carbocycles. The van der Waals surface area contributed by atoms with Gasteiger partial charge in [-0.15, -0.1) is 0 Å². The lowest BCUT2D eigenvalue weighted by atomic mass is 10.3. The van der Waals surface area contributed by atoms with Crippen LogP contribution < -0.4 is 5.56 Å². The van der Waals surface area contributed by atoms with Crippen LogP contribution in [0.1, 0.15) is 21.9 Å². The number of ether oxygens (including phenoxy) is 1. The van der Waals surface area contributed by atoms with E-state index in [1.165, 1.54) is 22.7 Å². The number of pyridine rings is 2. The van der Waals surface area contributed by atoms with Gasteiger partial charge < -0.3 is 4.74 Å². The first-order chi connectivity index (χ1) is 11.0. The number of carbonyl (C=O) groups excluding carboxylic acids is 1. The summed E-state index contributed by atoms with van der Waals surface area (Å²) < 4.78 is 6.62. The van der Waals surface area contributed by atoms with Crippen molar-refractivity contribution in [1.29, 1.82) is 0 Å². The number of aromatic nitrogens is 3. The number of esters is 1. The SMILES string of the molecule is Cc1cccc2nc(COC(=O)c3cc(Cl)ccn3)cc(=O)n12. The zero-order valence-corrected chi connectivity index (χ0v) is 12.9. The summed E-state index contributed by atoms with van der Waals surface area (Å²) in [5, 5.41) is 0.393. The van der Waals surface area contributed by atoms with Gasteiger partial charge in [0, 0.05) is 23.0 Å². The molecule has 7 heteroatoms. The van der Waals surface area contributed by atoms with Crippen LogP contribution in [0.25, 0.3) is 5.65 Å². The first-order valence-corrected chi connectivity index (χ1v) is 7.19. The maximum atomic E-state index is 12.1. The summed E-state index contributed by atoms with van der Waals surface area (Å²) in [6, 6.07) is 9.67. The third-order valence-corrected chi connectivity index (χ3v) is 3.45. The average molecular weight is 330 g/mol. The van der Waals surface area contributed by atoms with Crippen molar-refractivity contribution in [2.45, 2.75) is 13.5 Å². The lowest BCUT2D eigenvalue weighted by molar-refractivity contribution is 0.0460. The van der Waals surface area contributed by atoms with E-state index in [4.69, 9.17) is 16.3 Å². The second kappa shape index (κ2) is 6.18. The van der Waals surface area contributed by atoms with Crippen LogP contribution in [-0.2, 0) is 11.3 Å². The summed E-state index contributed by atoms with van der Waals surface area (Å²) in [6.45, 7) is 1.70. The minimum atomic E-state index is -0.626. The van der Waals surface area contributed by atoms with Gasteiger partial charge >= 0.3 is 5.97 Å². The Morgan fingerprint density at radius 3 is 2.91 bits per heavy atom. The number of nitrogens with zero attached hydrogens (tertiary/aromatic N) is 3. The fourth-order valence-electron chi connectivity index (χ4n) is 2.17. The van der Waals surface area contributed by atoms with Gasteiger partial charge in [-0.1, -0.05) is 17.7 Å². The van der Waals surface area contributed by atoms with Crippen LogP contribution >= 0.6 is 11.6 Å². The second-order valence-corrected chi connectivity index (χ2v) is 5.32. The fraction of sp³-hybridized carbons (Fsp3) is 0.125. The number of hydrogen-bond donors (Lipinski definition) is 0. The van der Waals surface area contributed by atoms with Crippen LogP contribution in [0, 0.1) is 6.92 Å². The van der Waals surface area contributed by atoms with Gasteiger partial charge in [0.25, 0.3) is 5.56 Å². The Labute approximate surface area is 136 Å². The Kier molecular flexibility index (Phi) is 4.08. The molecule has 0 spiro atoms. The topological polar surface area (TPSA) is 73.6 Å². The van der Waals surface area contributed by atoms with Crippen molar-refractivity contribution in [3.8, 4) is 0 Å². The lowest BCUT2D eigenvalue weighted by Gasteiger charge is -2.07. The Morgan fingerprint density at radius 2 is 2.13 bits per heavy atom. The van der Waals surface area contributed by atoms with Crippen LogP contribution in [0.15, 0.2) is 47.4 Å². The molecule has 0 aromatic carbocycles. The van der Waals surface area contributed by atoms with E-state index in [0.717, 1.165) is 5.69 Å². The molecule has 0 aliphatic rings. The number of carbonyl (C=O) groups is 1. The highest BCUT2D eigenvalue weighted by Crippen LogP contribution is 2.10. The van der Waals surface area contributed by atoms with E-state index < -0.39 is 5.97 Å². The Bertz CT molecular complexity index is 953. The molecule has 3 aromatic rings. The molecule has 0 aliphatic heterocycles. The number of aryl methyl sites for hydroxylation is 1. The first kappa shape index (κ1) is 15.2. The maximum absolute atomic E-state index is 12.1. The van der Waals surface area contributed by atoms with E-state index in [2.05, 4.69) is 9.97 Å². The lowest BCUT2D eigenvalue weighted by Crippen LogP contribution is -2.18. The summed E-state index contributed by atoms with van der Waals surface area (Å²) in [5.41, 5.74) is 1.54. The summed E-state index contributed by atoms with van der Waals surface area (Å²) in [5.74, 6) is -0.626. The number of rotatable bonds is 3. The highest BCUT2D eigenvalue weighted by Gasteiger charge is 2.11. The van der Waals surface area contributed by atoms with E-state index >= 15 is 0 Å². The molecular formula is C16H12ClN3O3. The van der Waals surface area contributed by atoms with E-state index in [1.54, 1.807) is 12.1 Å². The van der Waals surface area contributed by atoms with Crippen LogP contribution in [0.4, 0.5) is 0 Å². The van der Waals surface area contributed by atoms with Crippen molar-refractivity contribution in [3.05, 3.63) is 75.1 Å². The van der Waals surface area contributed by atoms with Crippen molar-refractivity contribution >= 4 is 23.2 Å². The van der Waals surface area contributed by atoms with Gasteiger partial charge in [-0.05, 0) is 31.2 Å². The average Bonchev–Trinajstić information content (AvgIpc) is 2.52. The molecule has 0 saturated heterocycles. The zero-order valence-electron chi connectivity index (χ0n) is 12.2. The molecule has 0 unspecified atom stereocenters. The van der Waals surface area contributed by atoms with E-state index in [-0.39, 0.29) is 17.9 Å². The van der Waals surface area contributed by atoms with Crippen LogP contribution in [0.3, 0.4) is 0 Å². The van der Waals surface area contributed by atoms with E-state index in [9.17, 15) is 9.59 Å². The van der Waals surface area contributed by atoms with Gasteiger partial charge in [-0.2, -0.15) is 0 Å². The molecule has 0 N–H and O–H groups in total. The molecule has 0 radical (unpaired) electrons. The van der Waals surface area contributed by atoms with Gasteiger partial charge in [0.05, 0.1) is 5.69 Å². The van der Waals surface area contributed by atoms with Gasteiger partial charge in [0.2, 0.25) is 0 Å². The highest BCUT2D eigenvalue weighted by molar-refractivity contribution is 6.30. The number of fused-ring (bicyclic) bond motifs is 1. The molecule has 0 amide bonds. The predicted molar refractivity (Wildman–Crippen MR) is 84.6 cm³/mol. The Hall–Kier alpha value is -2.73. The predicted octanol–water partition coefficient (Wildman–Crippen LogP) is 2.41. The minimum Gasteiger partial charge on any atom is -0.454 e. The Morgan fingerprint density at radius 1 is 1.30 bits per heavy atom. The molecule has 3 heterocycles. The summed E-state index contributed by atoms with van der Waals surface area (Å²) in [6.07, 6.45) is 1.42. The third-order valence-electron chi connectivity index (χ3n) is 3.22. The first-order valence-electron chi connectivity index (χ1n) is 6.81. The molecular weight excluding hydrogens is 318 g/mol. The Balaban J connectivity index is 1.82. The molecule has 0 saturated carbocycles. The van der Waals surface area contributed by atoms with Crippen LogP contribution in [0.2, 0.25) is 5.02 Å². The van der Waals surface area contributed by atoms with E-state index in [1.807, 2.05) is 19.1 Å². The van der Waals surface area contributed by atoms with E-state index in [0.29, 0.717) is 16.4 Å². The smallest absolute Gasteiger partial charge is 0.357 e. The molecule has 0 atom stereocenters. The van der Waals surface area contributed by atoms with Gasteiger partial charge in [0.15, 0.2) is 0 Å². The van der Waals surface area contributed by atoms with Gasteiger partial charge in [-0.3, -0.25) is 9.20 Å². The van der Waals surface area contributed by atoms with Crippen molar-refractivity contribution < 1.29 is 9.53 Å².